The number of hydrogen-bond acceptors (Lipinski definition) is 2. The number of unbranched alkanes of at least 4 members (excludes halogenated alkanes) is 9. The summed E-state index contributed by atoms with van der Waals surface area (Å²) in [6, 6.07) is 9.47. The van der Waals surface area contributed by atoms with E-state index in [9.17, 15) is 9.90 Å². The van der Waals surface area contributed by atoms with Gasteiger partial charge < -0.3 is 10.4 Å². The third-order valence-corrected chi connectivity index (χ3v) is 4.65. The number of benzene rings is 1. The first-order chi connectivity index (χ1) is 12.2. The Kier molecular flexibility index (Phi) is 13.0. The van der Waals surface area contributed by atoms with Crippen molar-refractivity contribution in [2.45, 2.75) is 96.5 Å². The van der Waals surface area contributed by atoms with E-state index in [1.165, 1.54) is 57.8 Å². The van der Waals surface area contributed by atoms with Crippen LogP contribution in [0.3, 0.4) is 0 Å². The highest BCUT2D eigenvalue weighted by Crippen LogP contribution is 2.14. The minimum absolute atomic E-state index is 0.0201. The van der Waals surface area contributed by atoms with Crippen molar-refractivity contribution in [2.24, 2.45) is 0 Å². The van der Waals surface area contributed by atoms with Gasteiger partial charge in [0.05, 0.1) is 6.10 Å². The van der Waals surface area contributed by atoms with Gasteiger partial charge in [-0.05, 0) is 25.0 Å². The third kappa shape index (κ3) is 12.6. The van der Waals surface area contributed by atoms with Crippen LogP contribution in [-0.4, -0.2) is 17.1 Å². The van der Waals surface area contributed by atoms with Crippen molar-refractivity contribution in [2.75, 3.05) is 5.32 Å². The largest absolute Gasteiger partial charge is 0.393 e. The number of hydrogen-bond donors (Lipinski definition) is 2. The van der Waals surface area contributed by atoms with E-state index in [2.05, 4.69) is 12.2 Å². The molecule has 0 saturated carbocycles. The van der Waals surface area contributed by atoms with E-state index < -0.39 is 0 Å². The number of para-hydroxylation sites is 1. The fourth-order valence-electron chi connectivity index (χ4n) is 3.05. The molecule has 0 aliphatic rings. The van der Waals surface area contributed by atoms with Crippen molar-refractivity contribution in [1.82, 2.24) is 0 Å². The predicted octanol–water partition coefficient (Wildman–Crippen LogP) is 6.08. The van der Waals surface area contributed by atoms with Crippen LogP contribution in [-0.2, 0) is 4.79 Å². The van der Waals surface area contributed by atoms with Gasteiger partial charge in [-0.15, -0.1) is 0 Å². The van der Waals surface area contributed by atoms with Gasteiger partial charge in [-0.25, -0.2) is 0 Å². The summed E-state index contributed by atoms with van der Waals surface area (Å²) in [6.45, 7) is 2.25. The molecule has 0 heterocycles. The minimum atomic E-state index is -0.351. The normalized spacial score (nSPS) is 12.1. The summed E-state index contributed by atoms with van der Waals surface area (Å²) in [7, 11) is 0. The van der Waals surface area contributed by atoms with E-state index in [4.69, 9.17) is 0 Å². The van der Waals surface area contributed by atoms with Crippen molar-refractivity contribution >= 4 is 11.6 Å². The molecule has 0 radical (unpaired) electrons. The molecule has 1 amide bonds. The zero-order valence-corrected chi connectivity index (χ0v) is 16.0. The molecule has 1 atom stereocenters. The SMILES string of the molecule is CCCCCCCCCCCCC(O)CCC(=O)Nc1ccccc1. The maximum absolute atomic E-state index is 11.8. The van der Waals surface area contributed by atoms with Crippen LogP contribution in [0.15, 0.2) is 30.3 Å². The molecule has 0 saturated heterocycles. The van der Waals surface area contributed by atoms with Crippen molar-refractivity contribution in [3.8, 4) is 0 Å². The molecule has 0 spiro atoms. The van der Waals surface area contributed by atoms with Gasteiger partial charge in [0, 0.05) is 12.1 Å². The van der Waals surface area contributed by atoms with Gasteiger partial charge in [0.2, 0.25) is 5.91 Å². The molecular formula is C22H37NO2. The first-order valence-electron chi connectivity index (χ1n) is 10.3. The summed E-state index contributed by atoms with van der Waals surface area (Å²) >= 11 is 0. The summed E-state index contributed by atoms with van der Waals surface area (Å²) in [5.74, 6) is -0.0201. The molecule has 3 nitrogen and oxygen atoms in total. The van der Waals surface area contributed by atoms with Gasteiger partial charge >= 0.3 is 0 Å². The van der Waals surface area contributed by atoms with Crippen LogP contribution in [0.5, 0.6) is 0 Å². The second-order valence-corrected chi connectivity index (χ2v) is 7.08. The molecule has 3 heteroatoms. The molecule has 25 heavy (non-hydrogen) atoms. The second-order valence-electron chi connectivity index (χ2n) is 7.08. The third-order valence-electron chi connectivity index (χ3n) is 4.65. The summed E-state index contributed by atoms with van der Waals surface area (Å²) in [4.78, 5) is 11.8. The Balaban J connectivity index is 1.91. The first kappa shape index (κ1) is 21.7. The monoisotopic (exact) mass is 347 g/mol. The summed E-state index contributed by atoms with van der Waals surface area (Å²) in [6.07, 6.45) is 14.5. The Morgan fingerprint density at radius 1 is 0.880 bits per heavy atom. The maximum Gasteiger partial charge on any atom is 0.224 e. The van der Waals surface area contributed by atoms with E-state index in [0.717, 1.165) is 18.5 Å². The van der Waals surface area contributed by atoms with Crippen LogP contribution in [0.4, 0.5) is 5.69 Å². The molecule has 0 aliphatic heterocycles. The van der Waals surface area contributed by atoms with Crippen molar-refractivity contribution in [1.29, 1.82) is 0 Å². The van der Waals surface area contributed by atoms with E-state index in [1.807, 2.05) is 30.3 Å². The lowest BCUT2D eigenvalue weighted by Crippen LogP contribution is -2.15. The lowest BCUT2D eigenvalue weighted by atomic mass is 10.0. The molecule has 1 unspecified atom stereocenters. The number of aliphatic hydroxyl groups excluding tert-OH is 1. The molecular weight excluding hydrogens is 310 g/mol. The quantitative estimate of drug-likeness (QED) is 0.378. The average Bonchev–Trinajstić information content (AvgIpc) is 2.62. The molecule has 1 aromatic rings. The number of carbonyl (C=O) groups excluding carboxylic acids is 1. The highest BCUT2D eigenvalue weighted by Gasteiger charge is 2.08. The van der Waals surface area contributed by atoms with E-state index in [-0.39, 0.29) is 12.0 Å². The number of nitrogens with one attached hydrogen (secondary N) is 1. The van der Waals surface area contributed by atoms with Gasteiger partial charge in [-0.1, -0.05) is 89.3 Å². The topological polar surface area (TPSA) is 49.3 Å². The van der Waals surface area contributed by atoms with Crippen LogP contribution in [0.2, 0.25) is 0 Å². The number of aliphatic hydroxyl groups is 1. The minimum Gasteiger partial charge on any atom is -0.393 e. The maximum atomic E-state index is 11.8. The smallest absolute Gasteiger partial charge is 0.224 e. The number of anilines is 1. The Morgan fingerprint density at radius 2 is 1.44 bits per heavy atom. The average molecular weight is 348 g/mol. The Labute approximate surface area is 154 Å². The number of rotatable bonds is 15. The van der Waals surface area contributed by atoms with Crippen molar-refractivity contribution in [3.05, 3.63) is 30.3 Å². The van der Waals surface area contributed by atoms with E-state index in [0.29, 0.717) is 12.8 Å². The van der Waals surface area contributed by atoms with Crippen LogP contribution < -0.4 is 5.32 Å². The van der Waals surface area contributed by atoms with Gasteiger partial charge in [-0.3, -0.25) is 4.79 Å². The first-order valence-corrected chi connectivity index (χ1v) is 10.3. The van der Waals surface area contributed by atoms with E-state index >= 15 is 0 Å². The summed E-state index contributed by atoms with van der Waals surface area (Å²) < 4.78 is 0. The zero-order chi connectivity index (χ0) is 18.2. The lowest BCUT2D eigenvalue weighted by Gasteiger charge is -2.10. The standard InChI is InChI=1S/C22H37NO2/c1-2-3-4-5-6-7-8-9-10-14-17-21(24)18-19-22(25)23-20-15-12-11-13-16-20/h11-13,15-16,21,24H,2-10,14,17-19H2,1H3,(H,23,25). The number of amides is 1. The van der Waals surface area contributed by atoms with Gasteiger partial charge in [0.15, 0.2) is 0 Å². The summed E-state index contributed by atoms with van der Waals surface area (Å²) in [5.41, 5.74) is 0.816. The molecule has 0 aliphatic carbocycles. The fraction of sp³-hybridized carbons (Fsp3) is 0.682. The zero-order valence-electron chi connectivity index (χ0n) is 16.0. The van der Waals surface area contributed by atoms with Crippen molar-refractivity contribution < 1.29 is 9.90 Å². The lowest BCUT2D eigenvalue weighted by molar-refractivity contribution is -0.116. The molecule has 1 rings (SSSR count). The molecule has 0 aromatic heterocycles. The highest BCUT2D eigenvalue weighted by atomic mass is 16.3. The predicted molar refractivity (Wildman–Crippen MR) is 107 cm³/mol. The van der Waals surface area contributed by atoms with E-state index in [1.54, 1.807) is 0 Å². The Bertz CT molecular complexity index is 433. The molecule has 2 N–H and O–H groups in total. The molecule has 0 bridgehead atoms. The van der Waals surface area contributed by atoms with Crippen LogP contribution in [0.1, 0.15) is 90.4 Å². The molecule has 0 fully saturated rings. The van der Waals surface area contributed by atoms with Gasteiger partial charge in [-0.2, -0.15) is 0 Å². The molecule has 1 aromatic carbocycles. The fourth-order valence-corrected chi connectivity index (χ4v) is 3.05. The van der Waals surface area contributed by atoms with Crippen molar-refractivity contribution in [3.63, 3.8) is 0 Å². The number of carbonyl (C=O) groups is 1. The Morgan fingerprint density at radius 3 is 2.04 bits per heavy atom. The van der Waals surface area contributed by atoms with Gasteiger partial charge in [0.1, 0.15) is 0 Å². The van der Waals surface area contributed by atoms with Crippen LogP contribution in [0, 0.1) is 0 Å². The Hall–Kier alpha value is -1.35. The van der Waals surface area contributed by atoms with Gasteiger partial charge in [0.25, 0.3) is 0 Å². The summed E-state index contributed by atoms with van der Waals surface area (Å²) in [5, 5.41) is 12.9. The van der Waals surface area contributed by atoms with Crippen LogP contribution >= 0.6 is 0 Å². The van der Waals surface area contributed by atoms with Crippen LogP contribution in [0.25, 0.3) is 0 Å². The highest BCUT2D eigenvalue weighted by molar-refractivity contribution is 5.90. The second kappa shape index (κ2) is 14.9. The molecule has 142 valence electrons.